The van der Waals surface area contributed by atoms with Crippen LogP contribution in [0.4, 0.5) is 8.78 Å². The van der Waals surface area contributed by atoms with Crippen LogP contribution in [0.1, 0.15) is 39.9 Å². The average molecular weight is 522 g/mol. The Labute approximate surface area is 212 Å². The lowest BCUT2D eigenvalue weighted by Gasteiger charge is -2.16. The molecule has 0 atom stereocenters. The largest absolute Gasteiger partial charge is 0.485 e. The van der Waals surface area contributed by atoms with Crippen LogP contribution in [0, 0.1) is 25.4 Å². The fourth-order valence-electron chi connectivity index (χ4n) is 3.22. The van der Waals surface area contributed by atoms with E-state index >= 15 is 0 Å². The third-order valence-electron chi connectivity index (χ3n) is 4.96. The number of aromatic nitrogens is 4. The Morgan fingerprint density at radius 2 is 2.00 bits per heavy atom. The highest BCUT2D eigenvalue weighted by Crippen LogP contribution is 2.30. The second kappa shape index (κ2) is 9.44. The molecule has 0 aliphatic heterocycles. The van der Waals surface area contributed by atoms with Crippen LogP contribution < -0.4 is 10.3 Å². The van der Waals surface area contributed by atoms with Gasteiger partial charge >= 0.3 is 0 Å². The lowest BCUT2D eigenvalue weighted by Crippen LogP contribution is -2.23. The summed E-state index contributed by atoms with van der Waals surface area (Å²) in [7, 11) is 0. The summed E-state index contributed by atoms with van der Waals surface area (Å²) in [6.45, 7) is 1.66. The van der Waals surface area contributed by atoms with Crippen LogP contribution in [0.5, 0.6) is 5.75 Å². The number of rotatable bonds is 6. The summed E-state index contributed by atoms with van der Waals surface area (Å²) in [5, 5.41) is 12.0. The molecule has 0 aliphatic carbocycles. The van der Waals surface area contributed by atoms with Crippen molar-refractivity contribution in [3.63, 3.8) is 0 Å². The summed E-state index contributed by atoms with van der Waals surface area (Å²) in [6, 6.07) is 3.46. The number of hydrogen-bond acceptors (Lipinski definition) is 7. The molecule has 0 saturated heterocycles. The molecule has 0 radical (unpaired) electrons. The van der Waals surface area contributed by atoms with E-state index in [9.17, 15) is 18.7 Å². The van der Waals surface area contributed by atoms with Crippen LogP contribution in [0.15, 0.2) is 40.8 Å². The first-order valence-corrected chi connectivity index (χ1v) is 11.5. The van der Waals surface area contributed by atoms with Crippen molar-refractivity contribution in [1.82, 2.24) is 19.5 Å². The smallest absolute Gasteiger partial charge is 0.277 e. The first kappa shape index (κ1) is 21.1. The predicted octanol–water partition coefficient (Wildman–Crippen LogP) is 5.11. The predicted molar refractivity (Wildman–Crippen MR) is 129 cm³/mol. The zero-order valence-corrected chi connectivity index (χ0v) is 20.3. The molecule has 0 aromatic carbocycles. The molecule has 1 N–H and O–H groups in total. The Kier molecular flexibility index (Phi) is 5.69. The van der Waals surface area contributed by atoms with Gasteiger partial charge in [-0.3, -0.25) is 19.3 Å². The van der Waals surface area contributed by atoms with E-state index in [1.165, 1.54) is 23.5 Å². The standard InChI is InChI=1S/C24H21ClF2N4O3S/c1-12-8-28-16(18-11-35-23(30-18)24(3,4)33)7-19(12)31-13(2)5-20(21(25)22(31)32)34-10-17-15(27)6-14(26)9-29-17/h5-9,11,33H,10H2,1-4H3/i1D3. The molecule has 11 heteroatoms. The molecule has 0 amide bonds. The number of hydrogen-bond donors (Lipinski definition) is 1. The minimum Gasteiger partial charge on any atom is -0.485 e. The van der Waals surface area contributed by atoms with Gasteiger partial charge in [-0.05, 0) is 39.3 Å². The third kappa shape index (κ3) is 5.09. The lowest BCUT2D eigenvalue weighted by atomic mass is 10.1. The Balaban J connectivity index is 1.79. The minimum absolute atomic E-state index is 0.00926. The van der Waals surface area contributed by atoms with Gasteiger partial charge in [0.2, 0.25) is 0 Å². The van der Waals surface area contributed by atoms with Gasteiger partial charge < -0.3 is 9.84 Å². The molecule has 182 valence electrons. The van der Waals surface area contributed by atoms with Gasteiger partial charge in [0, 0.05) is 33.5 Å². The van der Waals surface area contributed by atoms with Gasteiger partial charge in [-0.25, -0.2) is 13.8 Å². The fraction of sp³-hybridized carbons (Fsp3) is 0.250. The van der Waals surface area contributed by atoms with E-state index < -0.39 is 36.3 Å². The highest BCUT2D eigenvalue weighted by Gasteiger charge is 2.22. The quantitative estimate of drug-likeness (QED) is 0.379. The third-order valence-corrected chi connectivity index (χ3v) is 6.46. The van der Waals surface area contributed by atoms with Crippen molar-refractivity contribution in [2.45, 2.75) is 39.8 Å². The maximum absolute atomic E-state index is 13.9. The van der Waals surface area contributed by atoms with Crippen LogP contribution in [0.3, 0.4) is 0 Å². The van der Waals surface area contributed by atoms with E-state index in [4.69, 9.17) is 20.5 Å². The molecular weight excluding hydrogens is 498 g/mol. The van der Waals surface area contributed by atoms with Crippen LogP contribution >= 0.6 is 22.9 Å². The van der Waals surface area contributed by atoms with Crippen LogP contribution in [-0.4, -0.2) is 24.6 Å². The molecule has 0 spiro atoms. The minimum atomic E-state index is -2.62. The van der Waals surface area contributed by atoms with E-state index in [1.54, 1.807) is 26.2 Å². The van der Waals surface area contributed by atoms with Crippen molar-refractivity contribution in [3.8, 4) is 22.8 Å². The summed E-state index contributed by atoms with van der Waals surface area (Å²) in [5.74, 6) is -1.86. The maximum Gasteiger partial charge on any atom is 0.277 e. The zero-order valence-electron chi connectivity index (χ0n) is 21.8. The van der Waals surface area contributed by atoms with Gasteiger partial charge in [0.1, 0.15) is 45.2 Å². The second-order valence-corrected chi connectivity index (χ2v) is 9.39. The topological polar surface area (TPSA) is 90.1 Å². The van der Waals surface area contributed by atoms with Gasteiger partial charge in [-0.2, -0.15) is 0 Å². The molecular formula is C24H21ClF2N4O3S. The first-order chi connectivity index (χ1) is 17.7. The molecule has 4 heterocycles. The number of aryl methyl sites for hydroxylation is 2. The summed E-state index contributed by atoms with van der Waals surface area (Å²) in [5.41, 5.74) is -1.43. The molecule has 7 nitrogen and oxygen atoms in total. The summed E-state index contributed by atoms with van der Waals surface area (Å²) in [4.78, 5) is 25.6. The number of halogens is 3. The van der Waals surface area contributed by atoms with E-state index in [1.807, 2.05) is 0 Å². The van der Waals surface area contributed by atoms with Crippen molar-refractivity contribution >= 4 is 22.9 Å². The molecule has 4 aromatic heterocycles. The normalized spacial score (nSPS) is 13.3. The fourth-order valence-corrected chi connectivity index (χ4v) is 4.25. The molecule has 4 aromatic rings. The van der Waals surface area contributed by atoms with E-state index in [2.05, 4.69) is 15.0 Å². The van der Waals surface area contributed by atoms with Crippen molar-refractivity contribution in [2.24, 2.45) is 0 Å². The van der Waals surface area contributed by atoms with Gasteiger partial charge in [0.05, 0.1) is 17.6 Å². The summed E-state index contributed by atoms with van der Waals surface area (Å²) < 4.78 is 57.6. The molecule has 4 rings (SSSR count). The summed E-state index contributed by atoms with van der Waals surface area (Å²) in [6.07, 6.45) is 1.98. The molecule has 35 heavy (non-hydrogen) atoms. The number of thiazole rings is 1. The van der Waals surface area contributed by atoms with E-state index in [0.717, 1.165) is 17.0 Å². The molecule has 0 fully saturated rings. The van der Waals surface area contributed by atoms with Crippen molar-refractivity contribution in [2.75, 3.05) is 0 Å². The van der Waals surface area contributed by atoms with Gasteiger partial charge in [0.25, 0.3) is 5.56 Å². The maximum atomic E-state index is 13.9. The first-order valence-electron chi connectivity index (χ1n) is 11.7. The number of ether oxygens (including phenoxy) is 1. The van der Waals surface area contributed by atoms with E-state index in [0.29, 0.717) is 16.8 Å². The Bertz CT molecular complexity index is 1590. The van der Waals surface area contributed by atoms with Crippen molar-refractivity contribution in [3.05, 3.63) is 84.9 Å². The zero-order chi connectivity index (χ0) is 28.0. The van der Waals surface area contributed by atoms with Crippen molar-refractivity contribution in [1.29, 1.82) is 0 Å². The van der Waals surface area contributed by atoms with Crippen LogP contribution in [0.25, 0.3) is 17.1 Å². The molecule has 0 bridgehead atoms. The van der Waals surface area contributed by atoms with E-state index in [-0.39, 0.29) is 39.1 Å². The van der Waals surface area contributed by atoms with Crippen LogP contribution in [-0.2, 0) is 12.2 Å². The van der Waals surface area contributed by atoms with Gasteiger partial charge in [-0.15, -0.1) is 11.3 Å². The number of aliphatic hydroxyl groups is 1. The Morgan fingerprint density at radius 1 is 1.23 bits per heavy atom. The second-order valence-electron chi connectivity index (χ2n) is 8.16. The monoisotopic (exact) mass is 521 g/mol. The van der Waals surface area contributed by atoms with Gasteiger partial charge in [0.15, 0.2) is 5.82 Å². The highest BCUT2D eigenvalue weighted by atomic mass is 35.5. The lowest BCUT2D eigenvalue weighted by molar-refractivity contribution is 0.0783. The SMILES string of the molecule is [2H]C([2H])([2H])c1cnc(-c2csc(C(C)(C)O)n2)cc1-n1c(C)cc(OCc2ncc(F)cc2F)c(Cl)c1=O. The summed E-state index contributed by atoms with van der Waals surface area (Å²) >= 11 is 7.51. The Morgan fingerprint density at radius 3 is 2.66 bits per heavy atom. The average Bonchev–Trinajstić information content (AvgIpc) is 3.32. The molecule has 0 aliphatic rings. The van der Waals surface area contributed by atoms with Gasteiger partial charge in [-0.1, -0.05) is 11.6 Å². The number of nitrogens with zero attached hydrogens (tertiary/aromatic N) is 4. The number of pyridine rings is 3. The Hall–Kier alpha value is -3.21. The van der Waals surface area contributed by atoms with Crippen LogP contribution in [0.2, 0.25) is 5.02 Å². The molecule has 0 saturated carbocycles. The highest BCUT2D eigenvalue weighted by molar-refractivity contribution is 7.10. The van der Waals surface area contributed by atoms with Crippen molar-refractivity contribution < 1.29 is 22.7 Å². The molecule has 0 unspecified atom stereocenters.